The molecule has 2 fully saturated rings. The van der Waals surface area contributed by atoms with Gasteiger partial charge in [-0.05, 0) is 32.6 Å². The van der Waals surface area contributed by atoms with E-state index in [4.69, 9.17) is 0 Å². The lowest BCUT2D eigenvalue weighted by Gasteiger charge is -2.34. The van der Waals surface area contributed by atoms with Crippen molar-refractivity contribution in [1.29, 1.82) is 0 Å². The lowest BCUT2D eigenvalue weighted by molar-refractivity contribution is -0.128. The quantitative estimate of drug-likeness (QED) is 0.698. The fourth-order valence-electron chi connectivity index (χ4n) is 4.19. The number of rotatable bonds is 5. The number of aliphatic hydroxyl groups excluding tert-OH is 1. The Hall–Kier alpha value is -2.36. The van der Waals surface area contributed by atoms with Crippen LogP contribution in [0.2, 0.25) is 0 Å². The van der Waals surface area contributed by atoms with Crippen LogP contribution in [-0.4, -0.2) is 49.3 Å². The number of H-pyrrole nitrogens is 1. The van der Waals surface area contributed by atoms with Crippen LogP contribution in [0, 0.1) is 5.92 Å². The number of aromatic nitrogens is 4. The number of carbonyl (C=O) groups excluding carboxylic acids is 1. The molecule has 4 rings (SSSR count). The van der Waals surface area contributed by atoms with E-state index < -0.39 is 12.0 Å². The van der Waals surface area contributed by atoms with Gasteiger partial charge in [-0.15, -0.1) is 0 Å². The van der Waals surface area contributed by atoms with Crippen LogP contribution in [-0.2, 0) is 4.79 Å². The van der Waals surface area contributed by atoms with E-state index in [1.54, 1.807) is 11.6 Å². The minimum Gasteiger partial charge on any atom is -0.392 e. The van der Waals surface area contributed by atoms with Gasteiger partial charge in [0, 0.05) is 31.2 Å². The van der Waals surface area contributed by atoms with Gasteiger partial charge in [0.2, 0.25) is 11.8 Å². The number of fused-ring (bicyclic) bond motifs is 1. The Labute approximate surface area is 165 Å². The zero-order valence-electron chi connectivity index (χ0n) is 16.2. The molecule has 0 saturated heterocycles. The lowest BCUT2D eigenvalue weighted by Crippen LogP contribution is -2.42. The number of aliphatic hydroxyl groups is 1. The summed E-state index contributed by atoms with van der Waals surface area (Å²) in [6.45, 7) is 1.76. The molecule has 8 nitrogen and oxygen atoms in total. The Morgan fingerprint density at radius 1 is 1.38 bits per heavy atom. The number of hydrogen-bond donors (Lipinski definition) is 3. The molecule has 3 N–H and O–H groups in total. The number of carbonyl (C=O) groups is 1. The van der Waals surface area contributed by atoms with Crippen LogP contribution in [0.25, 0.3) is 11.0 Å². The fraction of sp³-hybridized carbons (Fsp3) is 0.684. The highest BCUT2D eigenvalue weighted by Gasteiger charge is 2.40. The van der Waals surface area contributed by atoms with Gasteiger partial charge >= 0.3 is 0 Å². The van der Waals surface area contributed by atoms with Crippen LogP contribution in [0.15, 0.2) is 11.0 Å². The molecule has 0 aliphatic heterocycles. The summed E-state index contributed by atoms with van der Waals surface area (Å²) in [5.41, 5.74) is 0.0430. The average molecular weight is 409 g/mol. The number of amides is 1. The summed E-state index contributed by atoms with van der Waals surface area (Å²) in [5.74, 6) is -2.94. The van der Waals surface area contributed by atoms with Gasteiger partial charge in [-0.2, -0.15) is 5.10 Å². The summed E-state index contributed by atoms with van der Waals surface area (Å²) in [7, 11) is 0. The topological polar surface area (TPSA) is 113 Å². The molecule has 0 radical (unpaired) electrons. The third-order valence-corrected chi connectivity index (χ3v) is 6.05. The molecule has 158 valence electrons. The van der Waals surface area contributed by atoms with Gasteiger partial charge in [0.05, 0.1) is 18.3 Å². The maximum atomic E-state index is 13.5. The highest BCUT2D eigenvalue weighted by molar-refractivity contribution is 5.81. The predicted molar refractivity (Wildman–Crippen MR) is 101 cm³/mol. The summed E-state index contributed by atoms with van der Waals surface area (Å²) in [4.78, 5) is 32.2. The van der Waals surface area contributed by atoms with Gasteiger partial charge in [-0.3, -0.25) is 9.59 Å². The van der Waals surface area contributed by atoms with Gasteiger partial charge in [0.25, 0.3) is 5.56 Å². The molecule has 2 aromatic heterocycles. The first-order valence-corrected chi connectivity index (χ1v) is 10.1. The number of nitrogens with one attached hydrogen (secondary N) is 2. The summed E-state index contributed by atoms with van der Waals surface area (Å²) >= 11 is 0. The van der Waals surface area contributed by atoms with Gasteiger partial charge < -0.3 is 15.4 Å². The Balaban J connectivity index is 1.58. The molecule has 1 amide bonds. The first-order chi connectivity index (χ1) is 13.7. The molecule has 29 heavy (non-hydrogen) atoms. The van der Waals surface area contributed by atoms with Crippen molar-refractivity contribution in [2.45, 2.75) is 69.4 Å². The molecule has 2 aliphatic carbocycles. The molecular weight excluding hydrogens is 384 g/mol. The summed E-state index contributed by atoms with van der Waals surface area (Å²) < 4.78 is 28.6. The van der Waals surface area contributed by atoms with Crippen molar-refractivity contribution in [1.82, 2.24) is 25.1 Å². The molecule has 2 heterocycles. The van der Waals surface area contributed by atoms with Crippen molar-refractivity contribution in [3.8, 4) is 0 Å². The molecule has 0 bridgehead atoms. The van der Waals surface area contributed by atoms with Gasteiger partial charge in [-0.25, -0.2) is 18.4 Å². The molecular formula is C19H25F2N5O3. The van der Waals surface area contributed by atoms with E-state index in [0.717, 1.165) is 0 Å². The minimum absolute atomic E-state index is 0.171. The van der Waals surface area contributed by atoms with Crippen LogP contribution in [0.1, 0.15) is 63.2 Å². The Morgan fingerprint density at radius 2 is 2.10 bits per heavy atom. The zero-order valence-corrected chi connectivity index (χ0v) is 16.2. The number of aromatic amines is 1. The second-order valence-electron chi connectivity index (χ2n) is 8.25. The number of alkyl halides is 2. The van der Waals surface area contributed by atoms with Crippen molar-refractivity contribution >= 4 is 16.9 Å². The number of nitrogens with zero attached hydrogens (tertiary/aromatic N) is 3. The van der Waals surface area contributed by atoms with Crippen molar-refractivity contribution in [2.24, 2.45) is 5.92 Å². The van der Waals surface area contributed by atoms with E-state index in [-0.39, 0.29) is 61.6 Å². The van der Waals surface area contributed by atoms with Gasteiger partial charge in [0.1, 0.15) is 11.2 Å². The third-order valence-electron chi connectivity index (χ3n) is 6.05. The van der Waals surface area contributed by atoms with E-state index in [9.17, 15) is 23.5 Å². The highest BCUT2D eigenvalue weighted by Crippen LogP contribution is 2.42. The Morgan fingerprint density at radius 3 is 2.72 bits per heavy atom. The number of halogens is 2. The van der Waals surface area contributed by atoms with Gasteiger partial charge in [-0.1, -0.05) is 0 Å². The Kier molecular flexibility index (Phi) is 5.14. The maximum absolute atomic E-state index is 13.5. The smallest absolute Gasteiger partial charge is 0.262 e. The third kappa shape index (κ3) is 3.90. The van der Waals surface area contributed by atoms with E-state index >= 15 is 0 Å². The summed E-state index contributed by atoms with van der Waals surface area (Å²) in [5, 5.41) is 16.6. The van der Waals surface area contributed by atoms with E-state index in [2.05, 4.69) is 20.4 Å². The van der Waals surface area contributed by atoms with Crippen LogP contribution in [0.3, 0.4) is 0 Å². The molecule has 0 spiro atoms. The highest BCUT2D eigenvalue weighted by atomic mass is 19.3. The van der Waals surface area contributed by atoms with Crippen LogP contribution >= 0.6 is 0 Å². The van der Waals surface area contributed by atoms with Crippen molar-refractivity contribution in [3.63, 3.8) is 0 Å². The van der Waals surface area contributed by atoms with E-state index in [1.165, 1.54) is 6.20 Å². The van der Waals surface area contributed by atoms with Crippen molar-refractivity contribution in [2.75, 3.05) is 6.54 Å². The van der Waals surface area contributed by atoms with Crippen molar-refractivity contribution < 1.29 is 18.7 Å². The molecule has 3 unspecified atom stereocenters. The average Bonchev–Trinajstić information content (AvgIpc) is 3.03. The van der Waals surface area contributed by atoms with Crippen LogP contribution in [0.4, 0.5) is 8.78 Å². The minimum atomic E-state index is -2.64. The summed E-state index contributed by atoms with van der Waals surface area (Å²) in [6, 6.07) is -0.221. The van der Waals surface area contributed by atoms with E-state index in [0.29, 0.717) is 29.7 Å². The first-order valence-electron chi connectivity index (χ1n) is 10.1. The predicted octanol–water partition coefficient (Wildman–Crippen LogP) is 1.86. The zero-order chi connectivity index (χ0) is 20.8. The molecule has 2 aliphatic rings. The fourth-order valence-corrected chi connectivity index (χ4v) is 4.19. The standard InChI is InChI=1S/C19H25F2N5O3/c1-10(27)8-22-17(28)13-3-2-12(13)15-24-16-14(18(29)25-15)9-23-26(16)11-4-6-19(20,21)7-5-11/h9-13,27H,2-8H2,1H3,(H,22,28)(H,24,25,29). The van der Waals surface area contributed by atoms with Gasteiger partial charge in [0.15, 0.2) is 5.65 Å². The van der Waals surface area contributed by atoms with E-state index in [1.807, 2.05) is 0 Å². The van der Waals surface area contributed by atoms with Crippen LogP contribution in [0.5, 0.6) is 0 Å². The molecule has 2 saturated carbocycles. The van der Waals surface area contributed by atoms with Crippen LogP contribution < -0.4 is 10.9 Å². The second kappa shape index (κ2) is 7.47. The first kappa shape index (κ1) is 19.9. The monoisotopic (exact) mass is 409 g/mol. The second-order valence-corrected chi connectivity index (χ2v) is 8.25. The normalized spacial score (nSPS) is 25.5. The molecule has 3 atom stereocenters. The SMILES string of the molecule is CC(O)CNC(=O)C1CCC1c1nc2c(cnn2C2CCC(F)(F)CC2)c(=O)[nH]1. The Bertz CT molecular complexity index is 960. The maximum Gasteiger partial charge on any atom is 0.262 e. The van der Waals surface area contributed by atoms with Crippen molar-refractivity contribution in [3.05, 3.63) is 22.4 Å². The largest absolute Gasteiger partial charge is 0.392 e. The molecule has 10 heteroatoms. The number of hydrogen-bond acceptors (Lipinski definition) is 5. The molecule has 2 aromatic rings. The molecule has 0 aromatic carbocycles. The lowest BCUT2D eigenvalue weighted by atomic mass is 9.72. The summed E-state index contributed by atoms with van der Waals surface area (Å²) in [6.07, 6.45) is 2.32.